The van der Waals surface area contributed by atoms with Crippen LogP contribution < -0.4 is 10.6 Å². The van der Waals surface area contributed by atoms with E-state index in [1.165, 1.54) is 40.2 Å². The molecule has 3 amide bonds. The number of anilines is 1. The van der Waals surface area contributed by atoms with E-state index in [1.807, 2.05) is 0 Å². The number of hydrogen-bond donors (Lipinski definition) is 3. The third kappa shape index (κ3) is 13.0. The van der Waals surface area contributed by atoms with Crippen LogP contribution in [0.4, 0.5) is 9.93 Å². The predicted molar refractivity (Wildman–Crippen MR) is 201 cm³/mol. The van der Waals surface area contributed by atoms with Crippen LogP contribution in [0.25, 0.3) is 0 Å². The van der Waals surface area contributed by atoms with E-state index in [0.717, 1.165) is 28.0 Å². The van der Waals surface area contributed by atoms with Crippen LogP contribution in [0.1, 0.15) is 60.6 Å². The van der Waals surface area contributed by atoms with Crippen LogP contribution in [0.2, 0.25) is 0 Å². The predicted octanol–water partition coefficient (Wildman–Crippen LogP) is 4.10. The third-order valence-corrected chi connectivity index (χ3v) is 13.7. The molecule has 326 valence electrons. The number of ether oxygens (including phenoxy) is 2. The molecule has 3 N–H and O–H groups in total. The van der Waals surface area contributed by atoms with Crippen LogP contribution >= 0.6 is 38.3 Å². The number of β-lactam (4-membered cyclic amide) rings is 1. The summed E-state index contributed by atoms with van der Waals surface area (Å²) in [6, 6.07) is -1.23. The zero-order valence-electron chi connectivity index (χ0n) is 32.6. The second-order valence-corrected chi connectivity index (χ2v) is 18.6. The number of carbonyl (C=O) groups excluding carboxylic acids is 4. The molecule has 24 nitrogen and oxygen atoms in total. The van der Waals surface area contributed by atoms with Crippen molar-refractivity contribution in [3.63, 3.8) is 0 Å². The van der Waals surface area contributed by atoms with Crippen LogP contribution in [-0.2, 0) is 80.9 Å². The van der Waals surface area contributed by atoms with Crippen molar-refractivity contribution in [3.05, 3.63) is 22.3 Å². The molecule has 2 aliphatic heterocycles. The number of thiazole rings is 1. The van der Waals surface area contributed by atoms with Gasteiger partial charge in [0, 0.05) is 16.7 Å². The van der Waals surface area contributed by atoms with Crippen LogP contribution in [0, 0.1) is 0 Å². The fourth-order valence-electron chi connectivity index (χ4n) is 4.63. The molecule has 1 aromatic rings. The number of carbonyl (C=O) groups is 5. The summed E-state index contributed by atoms with van der Waals surface area (Å²) in [7, 11) is -8.70. The maximum absolute atomic E-state index is 13.9. The van der Waals surface area contributed by atoms with Crippen molar-refractivity contribution in [3.8, 4) is 0 Å². The number of aromatic nitrogens is 1. The van der Waals surface area contributed by atoms with Crippen molar-refractivity contribution in [1.29, 1.82) is 0 Å². The Morgan fingerprint density at radius 1 is 0.983 bits per heavy atom. The quantitative estimate of drug-likeness (QED) is 0.0328. The van der Waals surface area contributed by atoms with Crippen molar-refractivity contribution < 1.29 is 90.8 Å². The first-order valence-corrected chi connectivity index (χ1v) is 22.4. The molecule has 1 aromatic heterocycles. The Morgan fingerprint density at radius 3 is 2.02 bits per heavy atom. The molecule has 0 aromatic carbocycles. The summed E-state index contributed by atoms with van der Waals surface area (Å²) in [6.45, 7) is 9.40. The highest BCUT2D eigenvalue weighted by molar-refractivity contribution is 8.00. The fourth-order valence-corrected chi connectivity index (χ4v) is 10.7. The average Bonchev–Trinajstić information content (AvgIpc) is 3.63. The second-order valence-electron chi connectivity index (χ2n) is 12.3. The molecule has 58 heavy (non-hydrogen) atoms. The van der Waals surface area contributed by atoms with Gasteiger partial charge in [0.2, 0.25) is 0 Å². The van der Waals surface area contributed by atoms with E-state index < -0.39 is 86.2 Å². The summed E-state index contributed by atoms with van der Waals surface area (Å²) in [5, 5.41) is 17.2. The lowest BCUT2D eigenvalue weighted by atomic mass is 10.0. The first-order chi connectivity index (χ1) is 27.4. The molecule has 1 saturated heterocycles. The molecule has 1 fully saturated rings. The van der Waals surface area contributed by atoms with E-state index in [0.29, 0.717) is 0 Å². The Labute approximate surface area is 340 Å². The van der Waals surface area contributed by atoms with Gasteiger partial charge < -0.3 is 24.7 Å². The lowest BCUT2D eigenvalue weighted by Crippen LogP contribution is -2.71. The fraction of sp³-hybridized carbons (Fsp3) is 0.633. The van der Waals surface area contributed by atoms with E-state index in [2.05, 4.69) is 20.8 Å². The van der Waals surface area contributed by atoms with Gasteiger partial charge in [0.25, 0.3) is 11.8 Å². The number of nitrogens with zero attached hydrogens (tertiary/aromatic N) is 3. The van der Waals surface area contributed by atoms with Crippen LogP contribution in [-0.4, -0.2) is 119 Å². The summed E-state index contributed by atoms with van der Waals surface area (Å²) >= 11 is 2.00. The monoisotopic (exact) mass is 905 g/mol. The summed E-state index contributed by atoms with van der Waals surface area (Å²) in [4.78, 5) is 93.8. The number of thioether (sulfide) groups is 1. The van der Waals surface area contributed by atoms with Crippen molar-refractivity contribution in [2.24, 2.45) is 5.16 Å². The topological polar surface area (TPSA) is 294 Å². The van der Waals surface area contributed by atoms with E-state index in [1.54, 1.807) is 20.8 Å². The summed E-state index contributed by atoms with van der Waals surface area (Å²) in [5.41, 5.74) is -1.71. The van der Waals surface area contributed by atoms with Crippen molar-refractivity contribution in [1.82, 2.24) is 15.2 Å². The van der Waals surface area contributed by atoms with Gasteiger partial charge in [-0.2, -0.15) is 0 Å². The van der Waals surface area contributed by atoms with Crippen molar-refractivity contribution in [2.45, 2.75) is 77.3 Å². The largest absolute Gasteiger partial charge is 0.477 e. The molecule has 0 spiro atoms. The molecule has 0 bridgehead atoms. The molecule has 3 heterocycles. The lowest BCUT2D eigenvalue weighted by Gasteiger charge is -2.49. The second kappa shape index (κ2) is 22.2. The highest BCUT2D eigenvalue weighted by Crippen LogP contribution is 2.72. The molecule has 0 radical (unpaired) electrons. The lowest BCUT2D eigenvalue weighted by molar-refractivity contribution is -0.272. The number of carboxylic acid groups (broad SMARTS) is 1. The molecular formula is C30H45N5O19P2S2. The molecule has 0 aliphatic carbocycles. The smallest absolute Gasteiger partial charge is 0.413 e. The minimum atomic E-state index is -4.94. The first-order valence-electron chi connectivity index (χ1n) is 17.3. The minimum Gasteiger partial charge on any atom is -0.477 e. The number of fused-ring (bicyclic) bond motifs is 1. The van der Waals surface area contributed by atoms with Crippen LogP contribution in [0.3, 0.4) is 0 Å². The number of nitrogens with one attached hydrogen (secondary N) is 2. The molecular weight excluding hydrogens is 860 g/mol. The maximum Gasteiger partial charge on any atom is 0.413 e. The average molecular weight is 906 g/mol. The third-order valence-electron chi connectivity index (χ3n) is 6.87. The normalized spacial score (nSPS) is 17.4. The van der Waals surface area contributed by atoms with Gasteiger partial charge in [0.1, 0.15) is 42.1 Å². The number of aliphatic carboxylic acids is 1. The molecule has 0 unspecified atom stereocenters. The van der Waals surface area contributed by atoms with Gasteiger partial charge in [0.15, 0.2) is 16.2 Å². The van der Waals surface area contributed by atoms with Gasteiger partial charge in [-0.25, -0.2) is 34.1 Å². The molecule has 28 heteroatoms. The molecule has 3 rings (SSSR count). The molecule has 0 saturated carbocycles. The summed E-state index contributed by atoms with van der Waals surface area (Å²) in [5.74, 6) is -4.63. The number of rotatable bonds is 24. The number of esters is 1. The first kappa shape index (κ1) is 48.8. The number of hydrogen-bond acceptors (Lipinski definition) is 22. The van der Waals surface area contributed by atoms with Gasteiger partial charge in [0.05, 0.1) is 32.8 Å². The Bertz CT molecular complexity index is 1750. The zero-order chi connectivity index (χ0) is 43.3. The SMILES string of the molecule is CCOOP(=O)(OOCC)C(CC(=O)OCC1=C(C(=O)O)N2C(=O)[C@@H](NC(=O)C(=NOC)c3csc(NC(=O)OC(C)(C)C)n3)[C@@H]2SC1)P(=O)(OOCC)OOCC. The summed E-state index contributed by atoms with van der Waals surface area (Å²) in [6.07, 6.45) is -1.88. The Morgan fingerprint density at radius 2 is 1.53 bits per heavy atom. The van der Waals surface area contributed by atoms with E-state index in [9.17, 15) is 38.2 Å². The van der Waals surface area contributed by atoms with Gasteiger partial charge >= 0.3 is 33.2 Å². The number of amides is 3. The van der Waals surface area contributed by atoms with Crippen molar-refractivity contribution >= 4 is 79.0 Å². The van der Waals surface area contributed by atoms with E-state index in [-0.39, 0.29) is 54.3 Å². The standard InChI is InChI=1S/C30H45N5O19P2S2/c1-9-46-51-55(42,52-47-10-2)20(56(43,53-48-11-3)54-49-12-4)13-19(36)45-14-17-15-57-26-22(25(38)35(26)23(17)27(39)40)32-24(37)21(34-44-8)18-16-58-28(31-18)33-29(41)50-30(5,6)7/h16,20,22,26H,9-15H2,1-8H3,(H,32,37)(H,39,40)(H,31,33,41)/t22-,26+/m1/s1. The molecule has 2 atom stereocenters. The van der Waals surface area contributed by atoms with E-state index >= 15 is 0 Å². The number of carboxylic acids is 1. The zero-order valence-corrected chi connectivity index (χ0v) is 36.0. The van der Waals surface area contributed by atoms with Gasteiger partial charge in [-0.1, -0.05) is 5.16 Å². The molecule has 2 aliphatic rings. The highest BCUT2D eigenvalue weighted by atomic mass is 32.2. The Kier molecular flexibility index (Phi) is 18.7. The maximum atomic E-state index is 13.9. The Hall–Kier alpha value is -3.52. The van der Waals surface area contributed by atoms with E-state index in [4.69, 9.17) is 52.6 Å². The van der Waals surface area contributed by atoms with Crippen LogP contribution in [0.5, 0.6) is 0 Å². The number of oxime groups is 1. The summed E-state index contributed by atoms with van der Waals surface area (Å²) < 4.78 is 58.0. The van der Waals surface area contributed by atoms with Crippen molar-refractivity contribution in [2.75, 3.05) is 51.2 Å². The highest BCUT2D eigenvalue weighted by Gasteiger charge is 2.57. The van der Waals surface area contributed by atoms with Gasteiger partial charge in [-0.3, -0.25) is 33.7 Å². The van der Waals surface area contributed by atoms with Crippen LogP contribution in [0.15, 0.2) is 21.8 Å². The van der Waals surface area contributed by atoms with Gasteiger partial charge in [-0.15, -0.1) is 41.8 Å². The van der Waals surface area contributed by atoms with Gasteiger partial charge in [-0.05, 0) is 48.5 Å². The minimum absolute atomic E-state index is 0.0108. The Balaban J connectivity index is 1.79.